The summed E-state index contributed by atoms with van der Waals surface area (Å²) < 4.78 is 27.3. The van der Waals surface area contributed by atoms with Crippen LogP contribution in [0.2, 0.25) is 5.02 Å². The van der Waals surface area contributed by atoms with E-state index < -0.39 is 15.9 Å². The van der Waals surface area contributed by atoms with Crippen LogP contribution in [0.25, 0.3) is 10.6 Å². The van der Waals surface area contributed by atoms with Crippen LogP contribution in [0.15, 0.2) is 46.0 Å². The van der Waals surface area contributed by atoms with Crippen LogP contribution < -0.4 is 5.32 Å². The first-order valence-electron chi connectivity index (χ1n) is 9.05. The molecule has 1 amide bonds. The Morgan fingerprint density at radius 2 is 1.93 bits per heavy atom. The summed E-state index contributed by atoms with van der Waals surface area (Å²) in [5.41, 5.74) is 0.894. The fourth-order valence-electron chi connectivity index (χ4n) is 3.13. The molecule has 1 aliphatic rings. The molecule has 0 atom stereocenters. The molecule has 1 aliphatic heterocycles. The van der Waals surface area contributed by atoms with Crippen LogP contribution in [0.3, 0.4) is 0 Å². The van der Waals surface area contributed by atoms with E-state index in [-0.39, 0.29) is 15.5 Å². The Hall–Kier alpha value is -1.78. The van der Waals surface area contributed by atoms with E-state index in [0.29, 0.717) is 18.2 Å². The largest absolute Gasteiger partial charge is 0.298 e. The molecule has 0 unspecified atom stereocenters. The number of thiazole rings is 1. The number of hydrogen-bond acceptors (Lipinski definition) is 6. The summed E-state index contributed by atoms with van der Waals surface area (Å²) in [5.74, 6) is -0.488. The minimum absolute atomic E-state index is 0.0763. The molecule has 0 spiro atoms. The van der Waals surface area contributed by atoms with Crippen LogP contribution in [0.5, 0.6) is 0 Å². The van der Waals surface area contributed by atoms with E-state index >= 15 is 0 Å². The highest BCUT2D eigenvalue weighted by Gasteiger charge is 2.27. The number of nitrogens with one attached hydrogen (secondary N) is 1. The van der Waals surface area contributed by atoms with Crippen molar-refractivity contribution in [3.8, 4) is 10.6 Å². The van der Waals surface area contributed by atoms with Gasteiger partial charge in [0.05, 0.1) is 26.1 Å². The zero-order valence-corrected chi connectivity index (χ0v) is 18.5. The number of thiophene rings is 1. The van der Waals surface area contributed by atoms with Crippen LogP contribution in [-0.2, 0) is 10.0 Å². The lowest BCUT2D eigenvalue weighted by Gasteiger charge is -2.26. The van der Waals surface area contributed by atoms with E-state index in [1.807, 2.05) is 22.9 Å². The Kier molecular flexibility index (Phi) is 6.03. The maximum atomic E-state index is 12.9. The van der Waals surface area contributed by atoms with Gasteiger partial charge >= 0.3 is 0 Å². The fourth-order valence-corrected chi connectivity index (χ4v) is 6.34. The topological polar surface area (TPSA) is 79.4 Å². The Balaban J connectivity index is 1.56. The van der Waals surface area contributed by atoms with Crippen molar-refractivity contribution < 1.29 is 13.2 Å². The van der Waals surface area contributed by atoms with E-state index in [1.165, 1.54) is 33.8 Å². The number of carbonyl (C=O) groups is 1. The molecule has 0 aliphatic carbocycles. The van der Waals surface area contributed by atoms with Crippen molar-refractivity contribution >= 4 is 55.3 Å². The van der Waals surface area contributed by atoms with Crippen molar-refractivity contribution in [2.24, 2.45) is 0 Å². The molecule has 3 aromatic rings. The third-order valence-electron chi connectivity index (χ3n) is 4.63. The van der Waals surface area contributed by atoms with Crippen LogP contribution in [0.1, 0.15) is 29.6 Å². The normalized spacial score (nSPS) is 15.3. The average molecular weight is 468 g/mol. The van der Waals surface area contributed by atoms with E-state index in [1.54, 1.807) is 11.3 Å². The molecule has 29 heavy (non-hydrogen) atoms. The Bertz CT molecular complexity index is 1120. The van der Waals surface area contributed by atoms with Crippen molar-refractivity contribution in [2.75, 3.05) is 18.4 Å². The summed E-state index contributed by atoms with van der Waals surface area (Å²) in [6, 6.07) is 8.13. The molecule has 3 heterocycles. The summed E-state index contributed by atoms with van der Waals surface area (Å²) in [5, 5.41) is 7.16. The van der Waals surface area contributed by atoms with Gasteiger partial charge in [0.2, 0.25) is 10.0 Å². The number of carbonyl (C=O) groups excluding carboxylic acids is 1. The minimum Gasteiger partial charge on any atom is -0.298 e. The molecule has 6 nitrogen and oxygen atoms in total. The van der Waals surface area contributed by atoms with Gasteiger partial charge in [-0.15, -0.1) is 22.7 Å². The first-order chi connectivity index (χ1) is 13.9. The second-order valence-corrected chi connectivity index (χ2v) is 10.7. The highest BCUT2D eigenvalue weighted by atomic mass is 35.5. The molecule has 0 radical (unpaired) electrons. The molecule has 0 bridgehead atoms. The van der Waals surface area contributed by atoms with Crippen molar-refractivity contribution in [2.45, 2.75) is 24.2 Å². The number of amides is 1. The van der Waals surface area contributed by atoms with Crippen LogP contribution in [-0.4, -0.2) is 36.7 Å². The first-order valence-corrected chi connectivity index (χ1v) is 12.6. The highest BCUT2D eigenvalue weighted by molar-refractivity contribution is 7.89. The van der Waals surface area contributed by atoms with Crippen molar-refractivity contribution in [1.29, 1.82) is 0 Å². The van der Waals surface area contributed by atoms with Gasteiger partial charge in [0.1, 0.15) is 0 Å². The Morgan fingerprint density at radius 1 is 1.14 bits per heavy atom. The number of hydrogen-bond donors (Lipinski definition) is 1. The lowest BCUT2D eigenvalue weighted by Crippen LogP contribution is -2.35. The van der Waals surface area contributed by atoms with Crippen LogP contribution in [0.4, 0.5) is 5.13 Å². The number of piperidine rings is 1. The molecule has 0 saturated carbocycles. The summed E-state index contributed by atoms with van der Waals surface area (Å²) in [7, 11) is -3.65. The van der Waals surface area contributed by atoms with Crippen molar-refractivity contribution in [3.63, 3.8) is 0 Å². The van der Waals surface area contributed by atoms with Gasteiger partial charge in [-0.2, -0.15) is 4.31 Å². The predicted molar refractivity (Wildman–Crippen MR) is 117 cm³/mol. The number of halogens is 1. The number of sulfonamides is 1. The number of nitrogens with zero attached hydrogens (tertiary/aromatic N) is 2. The first kappa shape index (κ1) is 20.5. The third-order valence-corrected chi connectivity index (χ3v) is 8.51. The maximum Gasteiger partial charge on any atom is 0.259 e. The monoisotopic (exact) mass is 467 g/mol. The fraction of sp³-hybridized carbons (Fsp3) is 0.263. The predicted octanol–water partition coefficient (Wildman–Crippen LogP) is 4.95. The molecule has 1 aromatic carbocycles. The second-order valence-electron chi connectivity index (χ2n) is 6.58. The third kappa shape index (κ3) is 4.39. The molecule has 1 N–H and O–H groups in total. The number of aromatic nitrogens is 1. The van der Waals surface area contributed by atoms with Gasteiger partial charge < -0.3 is 0 Å². The highest BCUT2D eigenvalue weighted by Crippen LogP contribution is 2.30. The summed E-state index contributed by atoms with van der Waals surface area (Å²) in [4.78, 5) is 18.3. The van der Waals surface area contributed by atoms with E-state index in [0.717, 1.165) is 29.8 Å². The summed E-state index contributed by atoms with van der Waals surface area (Å²) >= 11 is 9.06. The molecule has 1 fully saturated rings. The summed E-state index contributed by atoms with van der Waals surface area (Å²) in [6.07, 6.45) is 2.72. The molecular formula is C19H18ClN3O3S3. The minimum atomic E-state index is -3.65. The quantitative estimate of drug-likeness (QED) is 0.575. The molecule has 152 valence electrons. The zero-order valence-electron chi connectivity index (χ0n) is 15.3. The van der Waals surface area contributed by atoms with Gasteiger partial charge in [0.25, 0.3) is 5.91 Å². The number of benzene rings is 1. The van der Waals surface area contributed by atoms with Gasteiger partial charge in [-0.1, -0.05) is 24.1 Å². The van der Waals surface area contributed by atoms with Gasteiger partial charge in [-0.05, 0) is 42.5 Å². The molecule has 1 saturated heterocycles. The molecule has 2 aromatic heterocycles. The lowest BCUT2D eigenvalue weighted by molar-refractivity contribution is 0.102. The van der Waals surface area contributed by atoms with Gasteiger partial charge in [-0.3, -0.25) is 10.1 Å². The van der Waals surface area contributed by atoms with Gasteiger partial charge in [-0.25, -0.2) is 13.4 Å². The second kappa shape index (κ2) is 8.53. The van der Waals surface area contributed by atoms with E-state index in [2.05, 4.69) is 10.3 Å². The number of anilines is 1. The molecule has 10 heteroatoms. The number of rotatable bonds is 5. The van der Waals surface area contributed by atoms with Crippen LogP contribution in [0, 0.1) is 0 Å². The molecular weight excluding hydrogens is 450 g/mol. The molecule has 4 rings (SSSR count). The average Bonchev–Trinajstić information content (AvgIpc) is 3.40. The van der Waals surface area contributed by atoms with Gasteiger partial charge in [0, 0.05) is 18.5 Å². The lowest BCUT2D eigenvalue weighted by atomic mass is 10.2. The van der Waals surface area contributed by atoms with E-state index in [9.17, 15) is 13.2 Å². The zero-order chi connectivity index (χ0) is 20.4. The van der Waals surface area contributed by atoms with E-state index in [4.69, 9.17) is 11.6 Å². The van der Waals surface area contributed by atoms with Gasteiger partial charge in [0.15, 0.2) is 5.13 Å². The SMILES string of the molecule is O=C(Nc1nc(-c2cccs2)cs1)c1cc(S(=O)(=O)N2CCCCC2)ccc1Cl. The Morgan fingerprint density at radius 3 is 2.66 bits per heavy atom. The van der Waals surface area contributed by atoms with Crippen LogP contribution >= 0.6 is 34.3 Å². The smallest absolute Gasteiger partial charge is 0.259 e. The standard InChI is InChI=1S/C19H18ClN3O3S3/c20-15-7-6-13(29(25,26)23-8-2-1-3-9-23)11-14(15)18(24)22-19-21-16(12-28-19)17-5-4-10-27-17/h4-7,10-12H,1-3,8-9H2,(H,21,22,24). The Labute approximate surface area is 182 Å². The van der Waals surface area contributed by atoms with Crippen molar-refractivity contribution in [1.82, 2.24) is 9.29 Å². The van der Waals surface area contributed by atoms with Crippen molar-refractivity contribution in [3.05, 3.63) is 51.7 Å². The summed E-state index contributed by atoms with van der Waals surface area (Å²) in [6.45, 7) is 0.994. The maximum absolute atomic E-state index is 12.9.